The smallest absolute Gasteiger partial charge is 0.406 e. The molecule has 1 heterocycles. The van der Waals surface area contributed by atoms with Crippen molar-refractivity contribution in [2.45, 2.75) is 6.36 Å². The van der Waals surface area contributed by atoms with Gasteiger partial charge in [0.1, 0.15) is 12.3 Å². The predicted octanol–water partition coefficient (Wildman–Crippen LogP) is 2.80. The maximum absolute atomic E-state index is 12.1. The normalized spacial score (nSPS) is 10.8. The molecule has 1 aromatic carbocycles. The van der Waals surface area contributed by atoms with Gasteiger partial charge in [0.05, 0.1) is 12.7 Å². The first kappa shape index (κ1) is 17.8. The molecule has 0 radical (unpaired) electrons. The second-order valence-corrected chi connectivity index (χ2v) is 5.06. The topological polar surface area (TPSA) is 59.5 Å². The number of aromatic nitrogens is 1. The minimum atomic E-state index is -4.70. The zero-order valence-corrected chi connectivity index (χ0v) is 13.3. The third-order valence-corrected chi connectivity index (χ3v) is 3.03. The SMILES string of the molecule is FC(F)(F)Oc1ccc(NC(=S)NCCNc2cccc[nH+]2)cc1. The third kappa shape index (κ3) is 6.69. The van der Waals surface area contributed by atoms with Crippen LogP contribution in [0.1, 0.15) is 0 Å². The number of benzene rings is 1. The molecule has 0 aliphatic heterocycles. The lowest BCUT2D eigenvalue weighted by Crippen LogP contribution is -2.33. The number of H-pyrrole nitrogens is 1. The number of halogens is 3. The fourth-order valence-corrected chi connectivity index (χ4v) is 2.01. The molecule has 2 aromatic rings. The van der Waals surface area contributed by atoms with E-state index in [-0.39, 0.29) is 5.75 Å². The standard InChI is InChI=1S/C15H15F3N4OS/c16-15(17,18)23-12-6-4-11(5-7-12)22-14(24)21-10-9-20-13-3-1-2-8-19-13/h1-8H,9-10H2,(H,19,20)(H2,21,22,24)/p+1. The van der Waals surface area contributed by atoms with Gasteiger partial charge in [-0.1, -0.05) is 6.07 Å². The van der Waals surface area contributed by atoms with Crippen molar-refractivity contribution in [2.75, 3.05) is 23.7 Å². The van der Waals surface area contributed by atoms with Gasteiger partial charge in [-0.15, -0.1) is 13.2 Å². The largest absolute Gasteiger partial charge is 0.573 e. The summed E-state index contributed by atoms with van der Waals surface area (Å²) in [6, 6.07) is 11.0. The number of rotatable bonds is 6. The summed E-state index contributed by atoms with van der Waals surface area (Å²) >= 11 is 5.12. The van der Waals surface area contributed by atoms with Gasteiger partial charge in [-0.2, -0.15) is 0 Å². The van der Waals surface area contributed by atoms with Gasteiger partial charge in [-0.25, -0.2) is 4.98 Å². The third-order valence-electron chi connectivity index (χ3n) is 2.78. The maximum atomic E-state index is 12.1. The van der Waals surface area contributed by atoms with Crippen LogP contribution in [0.3, 0.4) is 0 Å². The summed E-state index contributed by atoms with van der Waals surface area (Å²) in [4.78, 5) is 3.04. The first-order chi connectivity index (χ1) is 11.4. The second kappa shape index (κ2) is 8.34. The molecule has 1 aromatic heterocycles. The lowest BCUT2D eigenvalue weighted by atomic mass is 10.3. The summed E-state index contributed by atoms with van der Waals surface area (Å²) in [6.45, 7) is 1.21. The summed E-state index contributed by atoms with van der Waals surface area (Å²) in [5.74, 6) is 0.605. The van der Waals surface area contributed by atoms with Gasteiger partial charge in [0, 0.05) is 11.8 Å². The van der Waals surface area contributed by atoms with Crippen molar-refractivity contribution in [1.29, 1.82) is 0 Å². The van der Waals surface area contributed by atoms with Gasteiger partial charge in [0.25, 0.3) is 5.82 Å². The van der Waals surface area contributed by atoms with Crippen molar-refractivity contribution in [1.82, 2.24) is 5.32 Å². The molecule has 0 fully saturated rings. The minimum Gasteiger partial charge on any atom is -0.406 e. The molecule has 128 valence electrons. The van der Waals surface area contributed by atoms with Gasteiger partial charge in [0.2, 0.25) is 0 Å². The number of anilines is 2. The van der Waals surface area contributed by atoms with Crippen molar-refractivity contribution in [3.05, 3.63) is 48.7 Å². The Labute approximate surface area is 142 Å². The van der Waals surface area contributed by atoms with Crippen molar-refractivity contribution < 1.29 is 22.9 Å². The number of hydrogen-bond acceptors (Lipinski definition) is 3. The van der Waals surface area contributed by atoms with Crippen LogP contribution < -0.4 is 25.7 Å². The molecule has 24 heavy (non-hydrogen) atoms. The molecule has 9 heteroatoms. The molecular formula is C15H16F3N4OS+. The van der Waals surface area contributed by atoms with E-state index in [0.29, 0.717) is 23.9 Å². The molecule has 4 N–H and O–H groups in total. The first-order valence-electron chi connectivity index (χ1n) is 7.04. The van der Waals surface area contributed by atoms with E-state index in [4.69, 9.17) is 12.2 Å². The lowest BCUT2D eigenvalue weighted by molar-refractivity contribution is -0.361. The van der Waals surface area contributed by atoms with Crippen molar-refractivity contribution in [3.63, 3.8) is 0 Å². The van der Waals surface area contributed by atoms with Crippen molar-refractivity contribution in [3.8, 4) is 5.75 Å². The van der Waals surface area contributed by atoms with Crippen LogP contribution in [0, 0.1) is 0 Å². The van der Waals surface area contributed by atoms with E-state index in [1.165, 1.54) is 24.3 Å². The average molecular weight is 357 g/mol. The molecule has 0 unspecified atom stereocenters. The van der Waals surface area contributed by atoms with E-state index < -0.39 is 6.36 Å². The monoisotopic (exact) mass is 357 g/mol. The van der Waals surface area contributed by atoms with Crippen LogP contribution in [0.25, 0.3) is 0 Å². The minimum absolute atomic E-state index is 0.282. The Bertz CT molecular complexity index is 650. The van der Waals surface area contributed by atoms with Gasteiger partial charge < -0.3 is 15.4 Å². The van der Waals surface area contributed by atoms with Crippen LogP contribution in [0.15, 0.2) is 48.7 Å². The number of thiocarbonyl (C=S) groups is 1. The summed E-state index contributed by atoms with van der Waals surface area (Å²) in [5, 5.41) is 9.40. The van der Waals surface area contributed by atoms with Crippen LogP contribution in [0.2, 0.25) is 0 Å². The van der Waals surface area contributed by atoms with E-state index in [2.05, 4.69) is 25.7 Å². The van der Waals surface area contributed by atoms with Crippen molar-refractivity contribution in [2.24, 2.45) is 0 Å². The Kier molecular flexibility index (Phi) is 6.19. The van der Waals surface area contributed by atoms with Gasteiger partial charge in [-0.05, 0) is 42.5 Å². The molecule has 2 rings (SSSR count). The molecule has 0 spiro atoms. The molecule has 0 aliphatic rings. The highest BCUT2D eigenvalue weighted by Gasteiger charge is 2.30. The number of pyridine rings is 1. The first-order valence-corrected chi connectivity index (χ1v) is 7.44. The van der Waals surface area contributed by atoms with Gasteiger partial charge >= 0.3 is 6.36 Å². The van der Waals surface area contributed by atoms with Crippen LogP contribution >= 0.6 is 12.2 Å². The molecular weight excluding hydrogens is 341 g/mol. The zero-order valence-electron chi connectivity index (χ0n) is 12.5. The summed E-state index contributed by atoms with van der Waals surface area (Å²) in [7, 11) is 0. The maximum Gasteiger partial charge on any atom is 0.573 e. The van der Waals surface area contributed by atoms with E-state index in [0.717, 1.165) is 5.82 Å². The van der Waals surface area contributed by atoms with Gasteiger partial charge in [-0.3, -0.25) is 5.32 Å². The van der Waals surface area contributed by atoms with E-state index in [9.17, 15) is 13.2 Å². The molecule has 5 nitrogen and oxygen atoms in total. The van der Waals surface area contributed by atoms with Crippen LogP contribution in [0.4, 0.5) is 24.7 Å². The van der Waals surface area contributed by atoms with Crippen molar-refractivity contribution >= 4 is 28.8 Å². The number of hydrogen-bond donors (Lipinski definition) is 3. The summed E-state index contributed by atoms with van der Waals surface area (Å²) in [6.07, 6.45) is -2.89. The van der Waals surface area contributed by atoms with E-state index >= 15 is 0 Å². The zero-order chi connectivity index (χ0) is 17.4. The number of nitrogens with one attached hydrogen (secondary N) is 4. The second-order valence-electron chi connectivity index (χ2n) is 4.66. The Balaban J connectivity index is 1.70. The van der Waals surface area contributed by atoms with Crippen LogP contribution in [0.5, 0.6) is 5.75 Å². The summed E-state index contributed by atoms with van der Waals surface area (Å²) < 4.78 is 40.0. The van der Waals surface area contributed by atoms with E-state index in [1.54, 1.807) is 0 Å². The van der Waals surface area contributed by atoms with E-state index in [1.807, 2.05) is 24.4 Å². The highest BCUT2D eigenvalue weighted by atomic mass is 32.1. The fraction of sp³-hybridized carbons (Fsp3) is 0.200. The summed E-state index contributed by atoms with van der Waals surface area (Å²) in [5.41, 5.74) is 0.561. The molecule has 0 saturated carbocycles. The molecule has 0 atom stereocenters. The fourth-order valence-electron chi connectivity index (χ4n) is 1.79. The quantitative estimate of drug-likeness (QED) is 0.548. The Morgan fingerprint density at radius 3 is 2.46 bits per heavy atom. The highest BCUT2D eigenvalue weighted by Crippen LogP contribution is 2.23. The molecule has 0 aliphatic carbocycles. The molecule has 0 saturated heterocycles. The number of ether oxygens (including phenoxy) is 1. The average Bonchev–Trinajstić information content (AvgIpc) is 2.53. The number of alkyl halides is 3. The highest BCUT2D eigenvalue weighted by molar-refractivity contribution is 7.80. The van der Waals surface area contributed by atoms with Gasteiger partial charge in [0.15, 0.2) is 5.11 Å². The Hall–Kier alpha value is -2.55. The lowest BCUT2D eigenvalue weighted by Gasteiger charge is -2.11. The predicted molar refractivity (Wildman–Crippen MR) is 88.8 cm³/mol. The van der Waals surface area contributed by atoms with Crippen LogP contribution in [-0.2, 0) is 0 Å². The Morgan fingerprint density at radius 1 is 1.08 bits per heavy atom. The molecule has 0 amide bonds. The Morgan fingerprint density at radius 2 is 1.83 bits per heavy atom. The van der Waals surface area contributed by atoms with Crippen LogP contribution in [-0.4, -0.2) is 24.6 Å². The number of aromatic amines is 1. The molecule has 0 bridgehead atoms.